The summed E-state index contributed by atoms with van der Waals surface area (Å²) < 4.78 is 39.7. The molecule has 9 nitrogen and oxygen atoms in total. The molecule has 0 atom stereocenters. The van der Waals surface area contributed by atoms with E-state index in [4.69, 9.17) is 0 Å². The van der Waals surface area contributed by atoms with Crippen molar-refractivity contribution in [1.82, 2.24) is 20.0 Å². The molecule has 0 aliphatic rings. The zero-order chi connectivity index (χ0) is 20.3. The molecular weight excluding hydrogens is 381 g/mol. The number of imidazole rings is 1. The topological polar surface area (TPSA) is 115 Å². The zero-order valence-corrected chi connectivity index (χ0v) is 13.8. The van der Waals surface area contributed by atoms with Crippen molar-refractivity contribution in [2.24, 2.45) is 0 Å². The molecule has 3 aromatic rings. The Labute approximate surface area is 155 Å². The molecule has 1 amide bonds. The van der Waals surface area contributed by atoms with Gasteiger partial charge in [0.25, 0.3) is 11.6 Å². The maximum Gasteiger partial charge on any atom is 0.416 e. The third-order valence-electron chi connectivity index (χ3n) is 3.61. The van der Waals surface area contributed by atoms with Crippen molar-refractivity contribution in [3.63, 3.8) is 0 Å². The number of nitro groups is 1. The van der Waals surface area contributed by atoms with Gasteiger partial charge in [-0.2, -0.15) is 13.2 Å². The van der Waals surface area contributed by atoms with Crippen molar-refractivity contribution in [3.8, 4) is 5.82 Å². The van der Waals surface area contributed by atoms with E-state index in [1.807, 2.05) is 0 Å². The van der Waals surface area contributed by atoms with Gasteiger partial charge < -0.3 is 0 Å². The number of anilines is 1. The first-order valence-corrected chi connectivity index (χ1v) is 7.62. The number of nitrogens with zero attached hydrogens (tertiary/aromatic N) is 4. The number of hydrazine groups is 1. The summed E-state index contributed by atoms with van der Waals surface area (Å²) in [6.07, 6.45) is 1.28. The molecule has 2 N–H and O–H groups in total. The molecule has 0 bridgehead atoms. The van der Waals surface area contributed by atoms with Crippen molar-refractivity contribution in [3.05, 3.63) is 76.5 Å². The van der Waals surface area contributed by atoms with Crippen LogP contribution in [0.25, 0.3) is 5.82 Å². The highest BCUT2D eigenvalue weighted by Gasteiger charge is 2.33. The van der Waals surface area contributed by atoms with Crippen LogP contribution in [0.4, 0.5) is 24.5 Å². The maximum atomic E-state index is 12.7. The number of nitro benzene ring substituents is 1. The van der Waals surface area contributed by atoms with Crippen LogP contribution in [0.1, 0.15) is 15.9 Å². The Hall–Kier alpha value is -3.96. The predicted molar refractivity (Wildman–Crippen MR) is 90.5 cm³/mol. The monoisotopic (exact) mass is 392 g/mol. The Morgan fingerprint density at radius 1 is 1.21 bits per heavy atom. The minimum Gasteiger partial charge on any atom is -0.292 e. The third kappa shape index (κ3) is 4.06. The number of rotatable bonds is 5. The van der Waals surface area contributed by atoms with Gasteiger partial charge in [0.2, 0.25) is 0 Å². The number of hydrogen-bond donors (Lipinski definition) is 2. The molecule has 2 heterocycles. The van der Waals surface area contributed by atoms with E-state index in [1.54, 1.807) is 23.0 Å². The molecule has 0 unspecified atom stereocenters. The molecule has 0 aliphatic heterocycles. The highest BCUT2D eigenvalue weighted by atomic mass is 19.4. The van der Waals surface area contributed by atoms with E-state index in [2.05, 4.69) is 20.8 Å². The average molecular weight is 392 g/mol. The lowest BCUT2D eigenvalue weighted by atomic mass is 10.1. The predicted octanol–water partition coefficient (Wildman–Crippen LogP) is 2.95. The summed E-state index contributed by atoms with van der Waals surface area (Å²) in [5.41, 5.74) is 2.28. The molecule has 3 rings (SSSR count). The van der Waals surface area contributed by atoms with Gasteiger partial charge in [0, 0.05) is 24.7 Å². The molecule has 0 fully saturated rings. The number of carbonyl (C=O) groups excluding carboxylic acids is 1. The van der Waals surface area contributed by atoms with Crippen LogP contribution in [0.15, 0.2) is 55.2 Å². The van der Waals surface area contributed by atoms with Crippen LogP contribution in [-0.2, 0) is 6.18 Å². The van der Waals surface area contributed by atoms with Crippen LogP contribution < -0.4 is 10.9 Å². The van der Waals surface area contributed by atoms with E-state index in [1.165, 1.54) is 18.6 Å². The molecule has 28 heavy (non-hydrogen) atoms. The van der Waals surface area contributed by atoms with E-state index in [9.17, 15) is 28.1 Å². The normalized spacial score (nSPS) is 11.1. The summed E-state index contributed by atoms with van der Waals surface area (Å²) in [6.45, 7) is 0. The number of benzene rings is 1. The van der Waals surface area contributed by atoms with Crippen molar-refractivity contribution < 1.29 is 22.9 Å². The molecule has 144 valence electrons. The van der Waals surface area contributed by atoms with Crippen LogP contribution >= 0.6 is 0 Å². The summed E-state index contributed by atoms with van der Waals surface area (Å²) in [6, 6.07) is 4.93. The van der Waals surface area contributed by atoms with Crippen LogP contribution in [0.3, 0.4) is 0 Å². The number of nitrogens with one attached hydrogen (secondary N) is 2. The first-order chi connectivity index (χ1) is 13.3. The fraction of sp³-hybridized carbons (Fsp3) is 0.0625. The molecule has 0 saturated heterocycles. The van der Waals surface area contributed by atoms with E-state index in [0.717, 1.165) is 6.07 Å². The van der Waals surface area contributed by atoms with Gasteiger partial charge in [0.15, 0.2) is 0 Å². The average Bonchev–Trinajstić information content (AvgIpc) is 3.20. The molecule has 0 aliphatic carbocycles. The fourth-order valence-corrected chi connectivity index (χ4v) is 2.23. The van der Waals surface area contributed by atoms with Crippen molar-refractivity contribution in [1.29, 1.82) is 0 Å². The van der Waals surface area contributed by atoms with E-state index >= 15 is 0 Å². The molecule has 0 saturated carbocycles. The van der Waals surface area contributed by atoms with Crippen LogP contribution in [-0.4, -0.2) is 25.4 Å². The lowest BCUT2D eigenvalue weighted by molar-refractivity contribution is -0.384. The minimum atomic E-state index is -4.73. The van der Waals surface area contributed by atoms with Crippen LogP contribution in [0.5, 0.6) is 0 Å². The van der Waals surface area contributed by atoms with Gasteiger partial charge in [0.1, 0.15) is 17.8 Å². The Morgan fingerprint density at radius 3 is 2.57 bits per heavy atom. The third-order valence-corrected chi connectivity index (χ3v) is 3.61. The second-order valence-electron chi connectivity index (χ2n) is 5.44. The number of carbonyl (C=O) groups is 1. The zero-order valence-electron chi connectivity index (χ0n) is 13.8. The molecule has 0 spiro atoms. The van der Waals surface area contributed by atoms with Crippen molar-refractivity contribution in [2.75, 3.05) is 5.43 Å². The number of amides is 1. The van der Waals surface area contributed by atoms with Gasteiger partial charge in [-0.3, -0.25) is 30.3 Å². The Bertz CT molecular complexity index is 1000. The van der Waals surface area contributed by atoms with Gasteiger partial charge in [-0.15, -0.1) is 0 Å². The summed E-state index contributed by atoms with van der Waals surface area (Å²) in [7, 11) is 0. The van der Waals surface area contributed by atoms with Gasteiger partial charge in [-0.1, -0.05) is 0 Å². The second-order valence-corrected chi connectivity index (χ2v) is 5.44. The molecule has 1 aromatic carbocycles. The second kappa shape index (κ2) is 7.34. The lowest BCUT2D eigenvalue weighted by Crippen LogP contribution is -2.29. The fourth-order valence-electron chi connectivity index (χ4n) is 2.23. The van der Waals surface area contributed by atoms with E-state index < -0.39 is 28.3 Å². The number of hydrogen-bond acceptors (Lipinski definition) is 6. The molecular formula is C16H11F3N6O3. The first-order valence-electron chi connectivity index (χ1n) is 7.62. The van der Waals surface area contributed by atoms with Gasteiger partial charge in [0.05, 0.1) is 16.1 Å². The summed E-state index contributed by atoms with van der Waals surface area (Å²) in [5, 5.41) is 11.0. The van der Waals surface area contributed by atoms with E-state index in [-0.39, 0.29) is 11.3 Å². The molecule has 0 radical (unpaired) electrons. The first kappa shape index (κ1) is 18.8. The Morgan fingerprint density at radius 2 is 2.00 bits per heavy atom. The highest BCUT2D eigenvalue weighted by molar-refractivity contribution is 5.94. The van der Waals surface area contributed by atoms with Crippen molar-refractivity contribution >= 4 is 17.3 Å². The highest BCUT2D eigenvalue weighted by Crippen LogP contribution is 2.34. The summed E-state index contributed by atoms with van der Waals surface area (Å²) in [4.78, 5) is 30.1. The van der Waals surface area contributed by atoms with Gasteiger partial charge in [-0.05, 0) is 24.3 Å². The lowest BCUT2D eigenvalue weighted by Gasteiger charge is -2.11. The Kier molecular flexibility index (Phi) is 4.94. The van der Waals surface area contributed by atoms with Gasteiger partial charge in [-0.25, -0.2) is 9.97 Å². The van der Waals surface area contributed by atoms with Crippen LogP contribution in [0.2, 0.25) is 0 Å². The quantitative estimate of drug-likeness (QED) is 0.510. The number of aromatic nitrogens is 3. The Balaban J connectivity index is 1.73. The van der Waals surface area contributed by atoms with E-state index in [0.29, 0.717) is 18.0 Å². The number of alkyl halides is 3. The standard InChI is InChI=1S/C16H11F3N6O3/c17-16(18,19)11-2-3-12(13(7-11)25(27)28)22-23-15(26)10-1-4-14(21-8-10)24-6-5-20-9-24/h1-9,22H,(H,23,26). The molecule has 2 aromatic heterocycles. The van der Waals surface area contributed by atoms with Crippen molar-refractivity contribution in [2.45, 2.75) is 6.18 Å². The largest absolute Gasteiger partial charge is 0.416 e. The minimum absolute atomic E-state index is 0.130. The maximum absolute atomic E-state index is 12.7. The van der Waals surface area contributed by atoms with Crippen LogP contribution in [0, 0.1) is 10.1 Å². The van der Waals surface area contributed by atoms with Gasteiger partial charge >= 0.3 is 6.18 Å². The SMILES string of the molecule is O=C(NNc1ccc(C(F)(F)F)cc1[N+](=O)[O-])c1ccc(-n2ccnc2)nc1. The number of halogens is 3. The smallest absolute Gasteiger partial charge is 0.292 e. The summed E-state index contributed by atoms with van der Waals surface area (Å²) in [5.74, 6) is -0.167. The summed E-state index contributed by atoms with van der Waals surface area (Å²) >= 11 is 0. The molecule has 12 heteroatoms. The number of pyridine rings is 1.